The quantitative estimate of drug-likeness (QED) is 0.596. The third kappa shape index (κ3) is 3.73. The molecule has 0 saturated carbocycles. The first-order chi connectivity index (χ1) is 14.5. The van der Waals surface area contributed by atoms with Crippen LogP contribution in [0.2, 0.25) is 0 Å². The van der Waals surface area contributed by atoms with Crippen molar-refractivity contribution in [1.29, 1.82) is 0 Å². The summed E-state index contributed by atoms with van der Waals surface area (Å²) in [6, 6.07) is 11.8. The Balaban J connectivity index is 1.48. The van der Waals surface area contributed by atoms with Crippen molar-refractivity contribution >= 4 is 23.4 Å². The molecule has 30 heavy (non-hydrogen) atoms. The van der Waals surface area contributed by atoms with E-state index in [1.165, 1.54) is 4.90 Å². The molecule has 156 valence electrons. The van der Waals surface area contributed by atoms with E-state index in [1.807, 2.05) is 0 Å². The van der Waals surface area contributed by atoms with Gasteiger partial charge < -0.3 is 20.1 Å². The SMILES string of the molecule is C[C@@H](Oc1cc(CN2C(=O)c3ccccc3C2=O)ccc1N)C(=O)N1CCOCC1. The van der Waals surface area contributed by atoms with E-state index in [0.29, 0.717) is 54.4 Å². The number of imide groups is 1. The van der Waals surface area contributed by atoms with Gasteiger partial charge in [-0.05, 0) is 36.8 Å². The number of nitrogens with two attached hydrogens (primary N) is 1. The topological polar surface area (TPSA) is 102 Å². The van der Waals surface area contributed by atoms with Gasteiger partial charge in [-0.15, -0.1) is 0 Å². The van der Waals surface area contributed by atoms with Gasteiger partial charge in [0.05, 0.1) is 36.6 Å². The normalized spacial score (nSPS) is 17.1. The van der Waals surface area contributed by atoms with Gasteiger partial charge in [0.25, 0.3) is 17.7 Å². The Morgan fingerprint density at radius 3 is 2.37 bits per heavy atom. The average molecular weight is 409 g/mol. The van der Waals surface area contributed by atoms with E-state index in [1.54, 1.807) is 54.3 Å². The molecule has 0 aromatic heterocycles. The molecule has 0 radical (unpaired) electrons. The standard InChI is InChI=1S/C22H23N3O5/c1-14(20(26)24-8-10-29-11-9-24)30-19-12-15(6-7-18(19)23)13-25-21(27)16-4-2-3-5-17(16)22(25)28/h2-7,12,14H,8-11,13,23H2,1H3/t14-/m1/s1. The Labute approximate surface area is 174 Å². The zero-order valence-electron chi connectivity index (χ0n) is 16.7. The largest absolute Gasteiger partial charge is 0.479 e. The van der Waals surface area contributed by atoms with E-state index in [2.05, 4.69) is 0 Å². The van der Waals surface area contributed by atoms with Crippen LogP contribution >= 0.6 is 0 Å². The molecule has 0 spiro atoms. The van der Waals surface area contributed by atoms with Crippen LogP contribution in [0, 0.1) is 0 Å². The number of amides is 3. The lowest BCUT2D eigenvalue weighted by molar-refractivity contribution is -0.142. The number of hydrogen-bond acceptors (Lipinski definition) is 6. The molecule has 2 aromatic carbocycles. The zero-order valence-corrected chi connectivity index (χ0v) is 16.7. The van der Waals surface area contributed by atoms with Gasteiger partial charge in [-0.1, -0.05) is 18.2 Å². The third-order valence-corrected chi connectivity index (χ3v) is 5.27. The minimum Gasteiger partial charge on any atom is -0.479 e. The van der Waals surface area contributed by atoms with Gasteiger partial charge in [-0.2, -0.15) is 0 Å². The molecule has 1 fully saturated rings. The monoisotopic (exact) mass is 409 g/mol. The fourth-order valence-corrected chi connectivity index (χ4v) is 3.63. The highest BCUT2D eigenvalue weighted by Gasteiger charge is 2.35. The van der Waals surface area contributed by atoms with Gasteiger partial charge in [0.2, 0.25) is 0 Å². The van der Waals surface area contributed by atoms with Crippen molar-refractivity contribution in [1.82, 2.24) is 9.80 Å². The second-order valence-electron chi connectivity index (χ2n) is 7.31. The molecule has 0 bridgehead atoms. The smallest absolute Gasteiger partial charge is 0.263 e. The van der Waals surface area contributed by atoms with Crippen LogP contribution in [0.25, 0.3) is 0 Å². The van der Waals surface area contributed by atoms with Crippen molar-refractivity contribution in [2.24, 2.45) is 0 Å². The molecule has 1 atom stereocenters. The van der Waals surface area contributed by atoms with Gasteiger partial charge in [-0.25, -0.2) is 0 Å². The summed E-state index contributed by atoms with van der Waals surface area (Å²) in [6.07, 6.45) is -0.722. The number of hydrogen-bond donors (Lipinski definition) is 1. The van der Waals surface area contributed by atoms with Gasteiger partial charge in [0.1, 0.15) is 5.75 Å². The van der Waals surface area contributed by atoms with Crippen LogP contribution in [0.5, 0.6) is 5.75 Å². The maximum absolute atomic E-state index is 12.6. The summed E-state index contributed by atoms with van der Waals surface area (Å²) < 4.78 is 11.1. The van der Waals surface area contributed by atoms with Crippen molar-refractivity contribution < 1.29 is 23.9 Å². The Morgan fingerprint density at radius 1 is 1.10 bits per heavy atom. The zero-order chi connectivity index (χ0) is 21.3. The maximum Gasteiger partial charge on any atom is 0.263 e. The van der Waals surface area contributed by atoms with E-state index in [4.69, 9.17) is 15.2 Å². The highest BCUT2D eigenvalue weighted by atomic mass is 16.5. The number of benzene rings is 2. The van der Waals surface area contributed by atoms with Crippen LogP contribution in [-0.4, -0.2) is 59.9 Å². The summed E-state index contributed by atoms with van der Waals surface area (Å²) in [7, 11) is 0. The van der Waals surface area contributed by atoms with Crippen molar-refractivity contribution in [3.05, 3.63) is 59.2 Å². The van der Waals surface area contributed by atoms with Crippen LogP contribution in [0.3, 0.4) is 0 Å². The first-order valence-corrected chi connectivity index (χ1v) is 9.82. The number of morpholine rings is 1. The molecule has 2 aliphatic heterocycles. The summed E-state index contributed by atoms with van der Waals surface area (Å²) in [6.45, 7) is 3.85. The number of nitrogens with zero attached hydrogens (tertiary/aromatic N) is 2. The van der Waals surface area contributed by atoms with Gasteiger partial charge >= 0.3 is 0 Å². The maximum atomic E-state index is 12.6. The van der Waals surface area contributed by atoms with Crippen LogP contribution < -0.4 is 10.5 Å². The Bertz CT molecular complexity index is 965. The van der Waals surface area contributed by atoms with Crippen molar-refractivity contribution in [2.75, 3.05) is 32.0 Å². The highest BCUT2D eigenvalue weighted by Crippen LogP contribution is 2.28. The molecule has 4 rings (SSSR count). The van der Waals surface area contributed by atoms with Crippen LogP contribution in [0.1, 0.15) is 33.2 Å². The molecule has 1 saturated heterocycles. The predicted molar refractivity (Wildman–Crippen MR) is 109 cm³/mol. The van der Waals surface area contributed by atoms with Crippen molar-refractivity contribution in [2.45, 2.75) is 19.6 Å². The summed E-state index contributed by atoms with van der Waals surface area (Å²) in [5.74, 6) is -0.446. The van der Waals surface area contributed by atoms with Crippen LogP contribution in [0.4, 0.5) is 5.69 Å². The van der Waals surface area contributed by atoms with E-state index in [9.17, 15) is 14.4 Å². The third-order valence-electron chi connectivity index (χ3n) is 5.27. The lowest BCUT2D eigenvalue weighted by Gasteiger charge is -2.29. The van der Waals surface area contributed by atoms with E-state index in [-0.39, 0.29) is 24.3 Å². The lowest BCUT2D eigenvalue weighted by atomic mass is 10.1. The minimum atomic E-state index is -0.722. The molecule has 2 aliphatic rings. The molecule has 8 heteroatoms. The Morgan fingerprint density at radius 2 is 1.73 bits per heavy atom. The van der Waals surface area contributed by atoms with Crippen LogP contribution in [0.15, 0.2) is 42.5 Å². The molecular weight excluding hydrogens is 386 g/mol. The molecule has 2 N–H and O–H groups in total. The highest BCUT2D eigenvalue weighted by molar-refractivity contribution is 6.21. The number of fused-ring (bicyclic) bond motifs is 1. The fourth-order valence-electron chi connectivity index (χ4n) is 3.63. The molecular formula is C22H23N3O5. The molecule has 3 amide bonds. The molecule has 2 heterocycles. The van der Waals surface area contributed by atoms with E-state index >= 15 is 0 Å². The number of anilines is 1. The number of nitrogen functional groups attached to an aromatic ring is 1. The van der Waals surface area contributed by atoms with E-state index < -0.39 is 6.10 Å². The lowest BCUT2D eigenvalue weighted by Crippen LogP contribution is -2.46. The summed E-state index contributed by atoms with van der Waals surface area (Å²) >= 11 is 0. The van der Waals surface area contributed by atoms with E-state index in [0.717, 1.165) is 0 Å². The Kier molecular flexibility index (Phi) is 5.41. The summed E-state index contributed by atoms with van der Waals surface area (Å²) in [4.78, 5) is 40.7. The first-order valence-electron chi connectivity index (χ1n) is 9.82. The second-order valence-corrected chi connectivity index (χ2v) is 7.31. The summed E-state index contributed by atoms with van der Waals surface area (Å²) in [5, 5.41) is 0. The number of rotatable bonds is 5. The molecule has 8 nitrogen and oxygen atoms in total. The number of ether oxygens (including phenoxy) is 2. The molecule has 2 aromatic rings. The van der Waals surface area contributed by atoms with Crippen LogP contribution in [-0.2, 0) is 16.1 Å². The number of carbonyl (C=O) groups excluding carboxylic acids is 3. The predicted octanol–water partition coefficient (Wildman–Crippen LogP) is 1.69. The average Bonchev–Trinajstić information content (AvgIpc) is 3.01. The van der Waals surface area contributed by atoms with Crippen molar-refractivity contribution in [3.63, 3.8) is 0 Å². The molecule has 0 unspecified atom stereocenters. The second kappa shape index (κ2) is 8.16. The first kappa shape index (κ1) is 19.9. The van der Waals surface area contributed by atoms with Gasteiger partial charge in [-0.3, -0.25) is 19.3 Å². The van der Waals surface area contributed by atoms with Crippen molar-refractivity contribution in [3.8, 4) is 5.75 Å². The number of carbonyl (C=O) groups is 3. The molecule has 0 aliphatic carbocycles. The minimum absolute atomic E-state index is 0.0920. The Hall–Kier alpha value is -3.39. The van der Waals surface area contributed by atoms with Gasteiger partial charge in [0, 0.05) is 13.1 Å². The fraction of sp³-hybridized carbons (Fsp3) is 0.318. The van der Waals surface area contributed by atoms with Gasteiger partial charge in [0.15, 0.2) is 6.10 Å². The summed E-state index contributed by atoms with van der Waals surface area (Å²) in [5.41, 5.74) is 7.89.